The molecular weight excluding hydrogens is 436 g/mol. The third kappa shape index (κ3) is 5.11. The number of halogens is 3. The summed E-state index contributed by atoms with van der Waals surface area (Å²) in [4.78, 5) is 18.8. The summed E-state index contributed by atoms with van der Waals surface area (Å²) < 4.78 is 41.8. The standard InChI is InChI=1S/C23H30F3N4OP/c1-14-8-16(29-21(31)28-11-15-9-23(26,32)10-15)13-30(12-14)19-6-5-18(22(2,24)25)20-17(19)4-3-7-27-20/h3-7,14-16H,8-13,32H2,1-2H3,(H2,28,29,31)/t14-,15?,16+,23?/m0/s1. The van der Waals surface area contributed by atoms with Crippen LogP contribution in [0.15, 0.2) is 30.5 Å². The Morgan fingerprint density at radius 3 is 2.75 bits per heavy atom. The van der Waals surface area contributed by atoms with Crippen LogP contribution in [0.4, 0.5) is 23.7 Å². The van der Waals surface area contributed by atoms with Crippen LogP contribution < -0.4 is 15.5 Å². The number of carbonyl (C=O) groups excluding carboxylic acids is 1. The molecular formula is C23H30F3N4OP. The fraction of sp³-hybridized carbons (Fsp3) is 0.565. The van der Waals surface area contributed by atoms with Gasteiger partial charge in [0.1, 0.15) is 5.41 Å². The van der Waals surface area contributed by atoms with Gasteiger partial charge in [-0.3, -0.25) is 4.98 Å². The molecule has 1 aromatic carbocycles. The van der Waals surface area contributed by atoms with Crippen molar-refractivity contribution in [2.45, 2.75) is 50.5 Å². The SMILES string of the molecule is C[C@H]1C[C@@H](NC(=O)NCC2CC(F)(P)C2)CN(c2ccc(C(C)(F)F)c3ncccc23)C1. The van der Waals surface area contributed by atoms with E-state index in [4.69, 9.17) is 0 Å². The summed E-state index contributed by atoms with van der Waals surface area (Å²) >= 11 is 0. The Labute approximate surface area is 188 Å². The Bertz CT molecular complexity index is 989. The zero-order valence-electron chi connectivity index (χ0n) is 18.4. The highest BCUT2D eigenvalue weighted by atomic mass is 31.0. The highest BCUT2D eigenvalue weighted by Crippen LogP contribution is 2.45. The molecule has 1 unspecified atom stereocenters. The van der Waals surface area contributed by atoms with E-state index in [0.29, 0.717) is 42.8 Å². The predicted molar refractivity (Wildman–Crippen MR) is 124 cm³/mol. The number of pyridine rings is 1. The first kappa shape index (κ1) is 23.1. The van der Waals surface area contributed by atoms with Crippen molar-refractivity contribution in [3.8, 4) is 0 Å². The molecule has 1 saturated carbocycles. The van der Waals surface area contributed by atoms with Crippen molar-refractivity contribution in [3.05, 3.63) is 36.0 Å². The molecule has 2 aliphatic rings. The van der Waals surface area contributed by atoms with E-state index in [1.807, 2.05) is 6.07 Å². The lowest BCUT2D eigenvalue weighted by Gasteiger charge is -2.40. The number of anilines is 1. The van der Waals surface area contributed by atoms with Crippen LogP contribution in [0, 0.1) is 11.8 Å². The van der Waals surface area contributed by atoms with Crippen LogP contribution >= 0.6 is 9.24 Å². The van der Waals surface area contributed by atoms with Crippen molar-refractivity contribution in [2.75, 3.05) is 24.5 Å². The number of benzene rings is 1. The first-order chi connectivity index (χ1) is 15.0. The number of carbonyl (C=O) groups is 1. The maximum atomic E-state index is 14.1. The molecule has 1 aliphatic heterocycles. The van der Waals surface area contributed by atoms with Crippen LogP contribution in [0.2, 0.25) is 0 Å². The lowest BCUT2D eigenvalue weighted by Crippen LogP contribution is -2.53. The van der Waals surface area contributed by atoms with Gasteiger partial charge in [0.2, 0.25) is 0 Å². The Morgan fingerprint density at radius 2 is 2.06 bits per heavy atom. The third-order valence-electron chi connectivity index (χ3n) is 6.36. The van der Waals surface area contributed by atoms with Crippen LogP contribution in [-0.4, -0.2) is 42.1 Å². The first-order valence-electron chi connectivity index (χ1n) is 11.0. The van der Waals surface area contributed by atoms with Crippen molar-refractivity contribution < 1.29 is 18.0 Å². The molecule has 9 heteroatoms. The predicted octanol–water partition coefficient (Wildman–Crippen LogP) is 4.81. The smallest absolute Gasteiger partial charge is 0.315 e. The highest BCUT2D eigenvalue weighted by Gasteiger charge is 2.40. The minimum absolute atomic E-state index is 0.0823. The molecule has 0 spiro atoms. The molecule has 0 bridgehead atoms. The molecule has 2 fully saturated rings. The van der Waals surface area contributed by atoms with E-state index in [-0.39, 0.29) is 23.6 Å². The topological polar surface area (TPSA) is 57.3 Å². The maximum absolute atomic E-state index is 14.1. The van der Waals surface area contributed by atoms with Gasteiger partial charge in [0.15, 0.2) is 0 Å². The van der Waals surface area contributed by atoms with Gasteiger partial charge in [0, 0.05) is 55.4 Å². The van der Waals surface area contributed by atoms with Crippen molar-refractivity contribution in [3.63, 3.8) is 0 Å². The van der Waals surface area contributed by atoms with Crippen LogP contribution in [-0.2, 0) is 5.92 Å². The maximum Gasteiger partial charge on any atom is 0.315 e. The number of piperidine rings is 1. The van der Waals surface area contributed by atoms with Crippen LogP contribution in [0.25, 0.3) is 10.9 Å². The van der Waals surface area contributed by atoms with E-state index in [0.717, 1.165) is 25.6 Å². The Balaban J connectivity index is 1.46. The van der Waals surface area contributed by atoms with Gasteiger partial charge in [-0.2, -0.15) is 0 Å². The van der Waals surface area contributed by atoms with Gasteiger partial charge in [-0.1, -0.05) is 16.2 Å². The summed E-state index contributed by atoms with van der Waals surface area (Å²) in [6, 6.07) is 6.42. The van der Waals surface area contributed by atoms with Gasteiger partial charge in [0.25, 0.3) is 5.92 Å². The summed E-state index contributed by atoms with van der Waals surface area (Å²) in [6.07, 6.45) is 3.25. The monoisotopic (exact) mass is 466 g/mol. The average molecular weight is 466 g/mol. The number of hydrogen-bond donors (Lipinski definition) is 2. The molecule has 174 valence electrons. The molecule has 2 aromatic rings. The van der Waals surface area contributed by atoms with Gasteiger partial charge in [-0.25, -0.2) is 18.0 Å². The molecule has 1 aliphatic carbocycles. The second kappa shape index (κ2) is 8.69. The highest BCUT2D eigenvalue weighted by molar-refractivity contribution is 7.18. The van der Waals surface area contributed by atoms with Crippen LogP contribution in [0.3, 0.4) is 0 Å². The summed E-state index contributed by atoms with van der Waals surface area (Å²) in [5.41, 5.74) is 1.06. The van der Waals surface area contributed by atoms with Crippen LogP contribution in [0.1, 0.15) is 38.7 Å². The Hall–Kier alpha value is -2.08. The number of nitrogens with zero attached hydrogens (tertiary/aromatic N) is 2. The first-order valence-corrected chi connectivity index (χ1v) is 11.6. The molecule has 5 nitrogen and oxygen atoms in total. The normalized spacial score (nSPS) is 28.3. The number of nitrogens with one attached hydrogen (secondary N) is 2. The van der Waals surface area contributed by atoms with Crippen molar-refractivity contribution in [2.24, 2.45) is 11.8 Å². The molecule has 0 radical (unpaired) electrons. The fourth-order valence-corrected chi connectivity index (χ4v) is 5.62. The molecule has 4 rings (SSSR count). The minimum Gasteiger partial charge on any atom is -0.369 e. The van der Waals surface area contributed by atoms with Gasteiger partial charge >= 0.3 is 6.03 Å². The lowest BCUT2D eigenvalue weighted by molar-refractivity contribution is 0.0189. The number of aromatic nitrogens is 1. The quantitative estimate of drug-likeness (QED) is 0.622. The summed E-state index contributed by atoms with van der Waals surface area (Å²) in [7, 11) is 2.22. The van der Waals surface area contributed by atoms with Crippen molar-refractivity contribution >= 4 is 31.9 Å². The van der Waals surface area contributed by atoms with Gasteiger partial charge in [-0.15, -0.1) is 0 Å². The largest absolute Gasteiger partial charge is 0.369 e. The second-order valence-corrected chi connectivity index (χ2v) is 10.6. The molecule has 3 atom stereocenters. The molecule has 1 saturated heterocycles. The number of alkyl halides is 3. The summed E-state index contributed by atoms with van der Waals surface area (Å²) in [5.74, 6) is -2.51. The molecule has 2 N–H and O–H groups in total. The molecule has 2 amide bonds. The van der Waals surface area contributed by atoms with E-state index >= 15 is 0 Å². The number of amides is 2. The number of urea groups is 1. The van der Waals surface area contributed by atoms with Crippen LogP contribution in [0.5, 0.6) is 0 Å². The number of hydrogen-bond acceptors (Lipinski definition) is 3. The van der Waals surface area contributed by atoms with E-state index in [2.05, 4.69) is 36.7 Å². The van der Waals surface area contributed by atoms with Gasteiger partial charge < -0.3 is 15.5 Å². The lowest BCUT2D eigenvalue weighted by atomic mass is 9.83. The second-order valence-electron chi connectivity index (χ2n) is 9.53. The summed E-state index contributed by atoms with van der Waals surface area (Å²) in [6.45, 7) is 4.80. The van der Waals surface area contributed by atoms with E-state index in [9.17, 15) is 18.0 Å². The van der Waals surface area contributed by atoms with Crippen molar-refractivity contribution in [1.82, 2.24) is 15.6 Å². The zero-order valence-corrected chi connectivity index (χ0v) is 19.5. The van der Waals surface area contributed by atoms with Gasteiger partial charge in [-0.05, 0) is 55.4 Å². The van der Waals surface area contributed by atoms with E-state index in [1.54, 1.807) is 12.1 Å². The molecule has 2 heterocycles. The fourth-order valence-electron chi connectivity index (χ4n) is 4.96. The molecule has 1 aromatic heterocycles. The van der Waals surface area contributed by atoms with Gasteiger partial charge in [0.05, 0.1) is 5.52 Å². The third-order valence-corrected chi connectivity index (χ3v) is 6.83. The number of fused-ring (bicyclic) bond motifs is 1. The zero-order chi connectivity index (χ0) is 23.1. The summed E-state index contributed by atoms with van der Waals surface area (Å²) in [5, 5.41) is 5.38. The number of rotatable bonds is 5. The minimum atomic E-state index is -2.98. The molecule has 32 heavy (non-hydrogen) atoms. The average Bonchev–Trinajstić information content (AvgIpc) is 2.68. The van der Waals surface area contributed by atoms with Crippen molar-refractivity contribution in [1.29, 1.82) is 0 Å². The van der Waals surface area contributed by atoms with E-state index < -0.39 is 11.3 Å². The Morgan fingerprint density at radius 1 is 1.31 bits per heavy atom. The Kier molecular flexibility index (Phi) is 6.27. The van der Waals surface area contributed by atoms with E-state index in [1.165, 1.54) is 12.3 Å².